The molecule has 0 unspecified atom stereocenters. The molecule has 3 aromatic rings. The lowest BCUT2D eigenvalue weighted by Crippen LogP contribution is -2.07. The van der Waals surface area contributed by atoms with Crippen molar-refractivity contribution in [3.05, 3.63) is 65.9 Å². The summed E-state index contributed by atoms with van der Waals surface area (Å²) in [4.78, 5) is 12.2. The number of esters is 1. The van der Waals surface area contributed by atoms with E-state index in [-0.39, 0.29) is 12.7 Å². The van der Waals surface area contributed by atoms with Crippen LogP contribution in [0.15, 0.2) is 59.1 Å². The van der Waals surface area contributed by atoms with E-state index < -0.39 is 5.97 Å². The van der Waals surface area contributed by atoms with Crippen molar-refractivity contribution in [2.24, 2.45) is 0 Å². The zero-order valence-corrected chi connectivity index (χ0v) is 15.5. The summed E-state index contributed by atoms with van der Waals surface area (Å²) in [6.07, 6.45) is 0.0786. The molecule has 0 aliphatic heterocycles. The van der Waals surface area contributed by atoms with Crippen LogP contribution < -0.4 is 9.47 Å². The number of methoxy groups -OCH3 is 1. The maximum Gasteiger partial charge on any atom is 0.338 e. The molecule has 0 atom stereocenters. The summed E-state index contributed by atoms with van der Waals surface area (Å²) in [5, 5.41) is 3.94. The number of rotatable bonds is 7. The van der Waals surface area contributed by atoms with Crippen molar-refractivity contribution in [2.45, 2.75) is 26.6 Å². The van der Waals surface area contributed by atoms with Crippen molar-refractivity contribution in [1.82, 2.24) is 5.16 Å². The Morgan fingerprint density at radius 3 is 2.33 bits per heavy atom. The van der Waals surface area contributed by atoms with Crippen molar-refractivity contribution in [3.8, 4) is 22.8 Å². The highest BCUT2D eigenvalue weighted by molar-refractivity contribution is 5.89. The highest BCUT2D eigenvalue weighted by Gasteiger charge is 2.12. The quantitative estimate of drug-likeness (QED) is 0.573. The van der Waals surface area contributed by atoms with E-state index in [1.54, 1.807) is 37.4 Å². The standard InChI is InChI=1S/C21H21NO5/c1-14(2)26-19-10-6-16(7-11-19)21(23)25-13-17-12-20(27-22-17)15-4-8-18(24-3)9-5-15/h4-12,14H,13H2,1-3H3. The molecule has 2 aromatic carbocycles. The van der Waals surface area contributed by atoms with Gasteiger partial charge in [0, 0.05) is 11.6 Å². The predicted octanol–water partition coefficient (Wildman–Crippen LogP) is 4.49. The maximum absolute atomic E-state index is 12.2. The minimum atomic E-state index is -0.430. The molecule has 1 heterocycles. The molecule has 0 saturated heterocycles. The third-order valence-electron chi connectivity index (χ3n) is 3.75. The van der Waals surface area contributed by atoms with Crippen LogP contribution in [0.25, 0.3) is 11.3 Å². The van der Waals surface area contributed by atoms with Crippen LogP contribution in [-0.4, -0.2) is 24.3 Å². The van der Waals surface area contributed by atoms with Gasteiger partial charge in [0.25, 0.3) is 0 Å². The number of hydrogen-bond donors (Lipinski definition) is 0. The molecule has 27 heavy (non-hydrogen) atoms. The largest absolute Gasteiger partial charge is 0.497 e. The van der Waals surface area contributed by atoms with E-state index in [0.29, 0.717) is 22.8 Å². The Morgan fingerprint density at radius 1 is 1.04 bits per heavy atom. The summed E-state index contributed by atoms with van der Waals surface area (Å²) >= 11 is 0. The van der Waals surface area contributed by atoms with Gasteiger partial charge in [-0.05, 0) is 62.4 Å². The van der Waals surface area contributed by atoms with Crippen LogP contribution in [0, 0.1) is 0 Å². The van der Waals surface area contributed by atoms with E-state index in [1.807, 2.05) is 38.1 Å². The van der Waals surface area contributed by atoms with Gasteiger partial charge in [-0.2, -0.15) is 0 Å². The summed E-state index contributed by atoms with van der Waals surface area (Å²) in [5.74, 6) is 1.64. The van der Waals surface area contributed by atoms with E-state index in [0.717, 1.165) is 11.3 Å². The first kappa shape index (κ1) is 18.5. The predicted molar refractivity (Wildman–Crippen MR) is 99.8 cm³/mol. The molecule has 6 heteroatoms. The number of carbonyl (C=O) groups excluding carboxylic acids is 1. The van der Waals surface area contributed by atoms with Crippen molar-refractivity contribution in [1.29, 1.82) is 0 Å². The SMILES string of the molecule is COc1ccc(-c2cc(COC(=O)c3ccc(OC(C)C)cc3)no2)cc1. The third kappa shape index (κ3) is 4.88. The van der Waals surface area contributed by atoms with Crippen LogP contribution in [0.5, 0.6) is 11.5 Å². The molecule has 3 rings (SSSR count). The molecule has 0 aliphatic rings. The molecule has 6 nitrogen and oxygen atoms in total. The van der Waals surface area contributed by atoms with E-state index in [9.17, 15) is 4.79 Å². The molecular weight excluding hydrogens is 346 g/mol. The van der Waals surface area contributed by atoms with Gasteiger partial charge in [-0.3, -0.25) is 0 Å². The minimum Gasteiger partial charge on any atom is -0.497 e. The van der Waals surface area contributed by atoms with E-state index >= 15 is 0 Å². The third-order valence-corrected chi connectivity index (χ3v) is 3.75. The van der Waals surface area contributed by atoms with Crippen molar-refractivity contribution < 1.29 is 23.5 Å². The average molecular weight is 367 g/mol. The number of ether oxygens (including phenoxy) is 3. The Balaban J connectivity index is 1.58. The maximum atomic E-state index is 12.2. The highest BCUT2D eigenvalue weighted by atomic mass is 16.5. The van der Waals surface area contributed by atoms with E-state index in [4.69, 9.17) is 18.7 Å². The Labute approximate surface area is 157 Å². The van der Waals surface area contributed by atoms with Crippen molar-refractivity contribution in [2.75, 3.05) is 7.11 Å². The molecule has 0 spiro atoms. The van der Waals surface area contributed by atoms with Crippen molar-refractivity contribution in [3.63, 3.8) is 0 Å². The second kappa shape index (κ2) is 8.40. The fraction of sp³-hybridized carbons (Fsp3) is 0.238. The molecule has 1 aromatic heterocycles. The number of nitrogens with zero attached hydrogens (tertiary/aromatic N) is 1. The monoisotopic (exact) mass is 367 g/mol. The lowest BCUT2D eigenvalue weighted by Gasteiger charge is -2.09. The van der Waals surface area contributed by atoms with Crippen LogP contribution in [-0.2, 0) is 11.3 Å². The first-order valence-electron chi connectivity index (χ1n) is 8.59. The summed E-state index contributed by atoms with van der Waals surface area (Å²) in [6, 6.07) is 16.0. The molecule has 0 radical (unpaired) electrons. The summed E-state index contributed by atoms with van der Waals surface area (Å²) in [5.41, 5.74) is 1.85. The highest BCUT2D eigenvalue weighted by Crippen LogP contribution is 2.23. The molecule has 0 aliphatic carbocycles. The Morgan fingerprint density at radius 2 is 1.70 bits per heavy atom. The van der Waals surface area contributed by atoms with Gasteiger partial charge < -0.3 is 18.7 Å². The second-order valence-corrected chi connectivity index (χ2v) is 6.18. The molecule has 0 amide bonds. The Bertz CT molecular complexity index is 882. The lowest BCUT2D eigenvalue weighted by atomic mass is 10.1. The molecular formula is C21H21NO5. The van der Waals surface area contributed by atoms with Crippen LogP contribution >= 0.6 is 0 Å². The topological polar surface area (TPSA) is 70.8 Å². The zero-order valence-electron chi connectivity index (χ0n) is 15.5. The Kier molecular flexibility index (Phi) is 5.76. The van der Waals surface area contributed by atoms with Gasteiger partial charge in [-0.25, -0.2) is 4.79 Å². The van der Waals surface area contributed by atoms with Crippen LogP contribution in [0.1, 0.15) is 29.9 Å². The average Bonchev–Trinajstić information content (AvgIpc) is 3.15. The van der Waals surface area contributed by atoms with Gasteiger partial charge in [0.1, 0.15) is 23.8 Å². The zero-order chi connectivity index (χ0) is 19.2. The van der Waals surface area contributed by atoms with Crippen LogP contribution in [0.2, 0.25) is 0 Å². The summed E-state index contributed by atoms with van der Waals surface area (Å²) in [7, 11) is 1.61. The summed E-state index contributed by atoms with van der Waals surface area (Å²) in [6.45, 7) is 3.92. The van der Waals surface area contributed by atoms with Gasteiger partial charge in [-0.1, -0.05) is 5.16 Å². The molecule has 0 fully saturated rings. The normalized spacial score (nSPS) is 10.7. The minimum absolute atomic E-state index is 0.0305. The van der Waals surface area contributed by atoms with Gasteiger partial charge in [-0.15, -0.1) is 0 Å². The van der Waals surface area contributed by atoms with Gasteiger partial charge >= 0.3 is 5.97 Å². The molecule has 0 bridgehead atoms. The smallest absolute Gasteiger partial charge is 0.338 e. The molecule has 140 valence electrons. The second-order valence-electron chi connectivity index (χ2n) is 6.18. The first-order valence-corrected chi connectivity index (χ1v) is 8.59. The van der Waals surface area contributed by atoms with Gasteiger partial charge in [0.15, 0.2) is 5.76 Å². The van der Waals surface area contributed by atoms with Crippen LogP contribution in [0.3, 0.4) is 0 Å². The number of carbonyl (C=O) groups is 1. The fourth-order valence-corrected chi connectivity index (χ4v) is 2.44. The number of aromatic nitrogens is 1. The van der Waals surface area contributed by atoms with Crippen molar-refractivity contribution >= 4 is 5.97 Å². The summed E-state index contributed by atoms with van der Waals surface area (Å²) < 4.78 is 21.3. The number of benzene rings is 2. The van der Waals surface area contributed by atoms with E-state index in [1.165, 1.54) is 0 Å². The van der Waals surface area contributed by atoms with Crippen LogP contribution in [0.4, 0.5) is 0 Å². The lowest BCUT2D eigenvalue weighted by molar-refractivity contribution is 0.0464. The fourth-order valence-electron chi connectivity index (χ4n) is 2.44. The van der Waals surface area contributed by atoms with Gasteiger partial charge in [0.2, 0.25) is 0 Å². The van der Waals surface area contributed by atoms with Gasteiger partial charge in [0.05, 0.1) is 18.8 Å². The molecule has 0 saturated carbocycles. The first-order chi connectivity index (χ1) is 13.0. The molecule has 0 N–H and O–H groups in total. The number of hydrogen-bond acceptors (Lipinski definition) is 6. The Hall–Kier alpha value is -3.28. The van der Waals surface area contributed by atoms with E-state index in [2.05, 4.69) is 5.16 Å².